The summed E-state index contributed by atoms with van der Waals surface area (Å²) < 4.78 is 27.5. The second-order valence-corrected chi connectivity index (χ2v) is 7.91. The fourth-order valence-electron chi connectivity index (χ4n) is 2.86. The Balaban J connectivity index is 1.99. The molecule has 7 nitrogen and oxygen atoms in total. The fourth-order valence-corrected chi connectivity index (χ4v) is 4.73. The second kappa shape index (κ2) is 7.09. The number of piperazine rings is 1. The Morgan fingerprint density at radius 3 is 2.48 bits per heavy atom. The van der Waals surface area contributed by atoms with E-state index in [1.807, 2.05) is 6.07 Å². The first kappa shape index (κ1) is 17.8. The van der Waals surface area contributed by atoms with Crippen molar-refractivity contribution in [3.8, 4) is 0 Å². The molecule has 1 unspecified atom stereocenters. The Kier molecular flexibility index (Phi) is 5.05. The van der Waals surface area contributed by atoms with Gasteiger partial charge in [-0.1, -0.05) is 29.8 Å². The minimum Gasteiger partial charge on any atom is -0.313 e. The topological polar surface area (TPSA) is 92.5 Å². The van der Waals surface area contributed by atoms with E-state index in [2.05, 4.69) is 5.32 Å². The molecule has 0 amide bonds. The highest BCUT2D eigenvalue weighted by Crippen LogP contribution is 2.33. The van der Waals surface area contributed by atoms with Gasteiger partial charge < -0.3 is 5.32 Å². The molecule has 25 heavy (non-hydrogen) atoms. The van der Waals surface area contributed by atoms with Crippen LogP contribution in [0.5, 0.6) is 0 Å². The molecule has 1 N–H and O–H groups in total. The summed E-state index contributed by atoms with van der Waals surface area (Å²) in [6.45, 7) is 1.25. The van der Waals surface area contributed by atoms with Crippen molar-refractivity contribution in [2.45, 2.75) is 10.9 Å². The average Bonchev–Trinajstić information content (AvgIpc) is 2.62. The predicted octanol–water partition coefficient (Wildman–Crippen LogP) is 2.58. The number of non-ortho nitro benzene ring substituents is 1. The third-order valence-corrected chi connectivity index (χ3v) is 6.38. The zero-order valence-electron chi connectivity index (χ0n) is 13.1. The number of benzene rings is 2. The summed E-state index contributed by atoms with van der Waals surface area (Å²) in [6.07, 6.45) is 0. The molecule has 2 aromatic carbocycles. The van der Waals surface area contributed by atoms with Crippen LogP contribution >= 0.6 is 11.6 Å². The van der Waals surface area contributed by atoms with E-state index >= 15 is 0 Å². The van der Waals surface area contributed by atoms with Gasteiger partial charge in [0.1, 0.15) is 0 Å². The Hall–Kier alpha value is -2.00. The first-order chi connectivity index (χ1) is 11.9. The van der Waals surface area contributed by atoms with Crippen molar-refractivity contribution >= 4 is 27.3 Å². The number of sulfonamides is 1. The van der Waals surface area contributed by atoms with Gasteiger partial charge in [-0.05, 0) is 23.8 Å². The quantitative estimate of drug-likeness (QED) is 0.649. The molecule has 0 bridgehead atoms. The molecule has 0 radical (unpaired) electrons. The second-order valence-electron chi connectivity index (χ2n) is 5.61. The highest BCUT2D eigenvalue weighted by Gasteiger charge is 2.35. The first-order valence-electron chi connectivity index (χ1n) is 7.62. The Morgan fingerprint density at radius 2 is 1.84 bits per heavy atom. The molecule has 1 saturated heterocycles. The average molecular weight is 382 g/mol. The molecule has 0 spiro atoms. The third kappa shape index (κ3) is 3.52. The van der Waals surface area contributed by atoms with Crippen LogP contribution in [-0.4, -0.2) is 37.3 Å². The van der Waals surface area contributed by atoms with E-state index in [0.717, 1.165) is 5.56 Å². The summed E-state index contributed by atoms with van der Waals surface area (Å²) in [5, 5.41) is 14.4. The molecule has 3 rings (SSSR count). The molecule has 132 valence electrons. The number of nitrogens with zero attached hydrogens (tertiary/aromatic N) is 2. The lowest BCUT2D eigenvalue weighted by Crippen LogP contribution is -2.48. The zero-order valence-corrected chi connectivity index (χ0v) is 14.7. The monoisotopic (exact) mass is 381 g/mol. The van der Waals surface area contributed by atoms with Crippen molar-refractivity contribution in [3.63, 3.8) is 0 Å². The van der Waals surface area contributed by atoms with Crippen LogP contribution in [-0.2, 0) is 10.0 Å². The van der Waals surface area contributed by atoms with Gasteiger partial charge in [-0.15, -0.1) is 0 Å². The van der Waals surface area contributed by atoms with Crippen LogP contribution in [0.1, 0.15) is 11.6 Å². The molecule has 1 fully saturated rings. The maximum Gasteiger partial charge on any atom is 0.269 e. The lowest BCUT2D eigenvalue weighted by atomic mass is 10.1. The molecule has 9 heteroatoms. The molecule has 1 heterocycles. The molecule has 0 aliphatic carbocycles. The summed E-state index contributed by atoms with van der Waals surface area (Å²) in [6, 6.07) is 11.6. The molecule has 1 aliphatic rings. The molecule has 0 aromatic heterocycles. The van der Waals surface area contributed by atoms with Crippen LogP contribution in [0, 0.1) is 10.1 Å². The summed E-state index contributed by atoms with van der Waals surface area (Å²) in [5.74, 6) is 0. The van der Waals surface area contributed by atoms with Gasteiger partial charge in [0.2, 0.25) is 10.0 Å². The Morgan fingerprint density at radius 1 is 1.16 bits per heavy atom. The molecule has 1 aliphatic heterocycles. The van der Waals surface area contributed by atoms with Gasteiger partial charge in [0.05, 0.1) is 15.9 Å². The minimum atomic E-state index is -3.81. The van der Waals surface area contributed by atoms with Gasteiger partial charge in [0, 0.05) is 36.8 Å². The SMILES string of the molecule is O=[N+]([O-])c1ccc(S(=O)(=O)N2CCNCC2c2ccccc2Cl)cc1. The van der Waals surface area contributed by atoms with E-state index in [1.54, 1.807) is 18.2 Å². The number of rotatable bonds is 4. The highest BCUT2D eigenvalue weighted by atomic mass is 35.5. The van der Waals surface area contributed by atoms with Crippen LogP contribution < -0.4 is 5.32 Å². The van der Waals surface area contributed by atoms with E-state index in [4.69, 9.17) is 11.6 Å². The van der Waals surface area contributed by atoms with Crippen LogP contribution in [0.3, 0.4) is 0 Å². The van der Waals surface area contributed by atoms with Gasteiger partial charge in [-0.25, -0.2) is 8.42 Å². The summed E-state index contributed by atoms with van der Waals surface area (Å²) >= 11 is 6.25. The van der Waals surface area contributed by atoms with Gasteiger partial charge in [0.15, 0.2) is 0 Å². The van der Waals surface area contributed by atoms with E-state index < -0.39 is 21.0 Å². The molecular formula is C16H16ClN3O4S. The number of hydrogen-bond acceptors (Lipinski definition) is 5. The normalized spacial score (nSPS) is 18.8. The minimum absolute atomic E-state index is 0.0250. The van der Waals surface area contributed by atoms with E-state index in [9.17, 15) is 18.5 Å². The van der Waals surface area contributed by atoms with Gasteiger partial charge in [-0.3, -0.25) is 10.1 Å². The summed E-state index contributed by atoms with van der Waals surface area (Å²) in [5.41, 5.74) is 0.573. The van der Waals surface area contributed by atoms with E-state index in [0.29, 0.717) is 18.1 Å². The lowest BCUT2D eigenvalue weighted by molar-refractivity contribution is -0.384. The number of nitro groups is 1. The van der Waals surface area contributed by atoms with Crippen LogP contribution in [0.25, 0.3) is 0 Å². The lowest BCUT2D eigenvalue weighted by Gasteiger charge is -2.35. The van der Waals surface area contributed by atoms with Crippen molar-refractivity contribution in [3.05, 3.63) is 69.2 Å². The summed E-state index contributed by atoms with van der Waals surface area (Å²) in [4.78, 5) is 10.2. The highest BCUT2D eigenvalue weighted by molar-refractivity contribution is 7.89. The van der Waals surface area contributed by atoms with Crippen molar-refractivity contribution in [2.75, 3.05) is 19.6 Å². The Bertz CT molecular complexity index is 887. The molecule has 2 aromatic rings. The molecule has 1 atom stereocenters. The third-order valence-electron chi connectivity index (χ3n) is 4.11. The first-order valence-corrected chi connectivity index (χ1v) is 9.44. The molecule has 0 saturated carbocycles. The van der Waals surface area contributed by atoms with Crippen LogP contribution in [0.15, 0.2) is 53.4 Å². The van der Waals surface area contributed by atoms with E-state index in [-0.39, 0.29) is 17.1 Å². The number of halogens is 1. The van der Waals surface area contributed by atoms with Crippen molar-refractivity contribution < 1.29 is 13.3 Å². The fraction of sp³-hybridized carbons (Fsp3) is 0.250. The number of nitro benzene ring substituents is 1. The summed E-state index contributed by atoms with van der Waals surface area (Å²) in [7, 11) is -3.81. The standard InChI is InChI=1S/C16H16ClN3O4S/c17-15-4-2-1-3-14(15)16-11-18-9-10-19(16)25(23,24)13-7-5-12(6-8-13)20(21)22/h1-8,16,18H,9-11H2. The van der Waals surface area contributed by atoms with Crippen LogP contribution in [0.4, 0.5) is 5.69 Å². The van der Waals surface area contributed by atoms with Gasteiger partial charge >= 0.3 is 0 Å². The number of nitrogens with one attached hydrogen (secondary N) is 1. The zero-order chi connectivity index (χ0) is 18.0. The predicted molar refractivity (Wildman–Crippen MR) is 94.1 cm³/mol. The van der Waals surface area contributed by atoms with Crippen molar-refractivity contribution in [2.24, 2.45) is 0 Å². The van der Waals surface area contributed by atoms with E-state index in [1.165, 1.54) is 28.6 Å². The smallest absolute Gasteiger partial charge is 0.269 e. The maximum absolute atomic E-state index is 13.0. The largest absolute Gasteiger partial charge is 0.313 e. The van der Waals surface area contributed by atoms with Crippen LogP contribution in [0.2, 0.25) is 5.02 Å². The molecular weight excluding hydrogens is 366 g/mol. The Labute approximate surface area is 150 Å². The van der Waals surface area contributed by atoms with Crippen molar-refractivity contribution in [1.82, 2.24) is 9.62 Å². The van der Waals surface area contributed by atoms with Gasteiger partial charge in [0.25, 0.3) is 5.69 Å². The van der Waals surface area contributed by atoms with Gasteiger partial charge in [-0.2, -0.15) is 4.31 Å². The van der Waals surface area contributed by atoms with Crippen molar-refractivity contribution in [1.29, 1.82) is 0 Å². The number of hydrogen-bond donors (Lipinski definition) is 1. The maximum atomic E-state index is 13.0.